The van der Waals surface area contributed by atoms with Crippen molar-refractivity contribution >= 4 is 89.3 Å². The molecule has 8 rings (SSSR count). The molecule has 0 fully saturated rings. The van der Waals surface area contributed by atoms with Gasteiger partial charge >= 0.3 is 20.2 Å². The quantitative estimate of drug-likeness (QED) is 0.0670. The monoisotopic (exact) mass is 932 g/mol. The number of unbranched alkanes of at least 4 members (excludes halogenated alkanes) is 2. The fourth-order valence-electron chi connectivity index (χ4n) is 6.81. The summed E-state index contributed by atoms with van der Waals surface area (Å²) in [5.74, 6) is 0.470. The second-order valence-electron chi connectivity index (χ2n) is 13.2. The summed E-state index contributed by atoms with van der Waals surface area (Å²) in [6.45, 7) is -0.0560. The first-order valence-electron chi connectivity index (χ1n) is 17.0. The zero-order valence-electron chi connectivity index (χ0n) is 28.9. The number of ether oxygens (including phenoxy) is 2. The standard InChI is InChI=1S/C35H28Cl4N4O10S4/c36-16-6-8-22(20(38)10-16)42-32-18(14-52-26-12-28(54-34(26)32)56(46,47)48)30(40-42)24(44)4-2-1-3-5-25(45)31-19-15-53-27-13-29(57(49,50)51)55-35(27)33(19)43(41-31)23-9-7-17(37)11-21(23)39/h6-13,24-25,44-45H,1-5,14-15H2,(H,46,47,48)(H,49,50,51). The van der Waals surface area contributed by atoms with E-state index >= 15 is 0 Å². The molecule has 0 spiro atoms. The van der Waals surface area contributed by atoms with Crippen molar-refractivity contribution in [3.63, 3.8) is 0 Å². The number of rotatable bonds is 12. The van der Waals surface area contributed by atoms with Crippen LogP contribution < -0.4 is 9.47 Å². The predicted molar refractivity (Wildman–Crippen MR) is 215 cm³/mol. The van der Waals surface area contributed by atoms with Crippen molar-refractivity contribution in [1.29, 1.82) is 0 Å². The van der Waals surface area contributed by atoms with Crippen LogP contribution in [0.3, 0.4) is 0 Å². The van der Waals surface area contributed by atoms with Crippen LogP contribution in [0.1, 0.15) is 66.8 Å². The highest BCUT2D eigenvalue weighted by Crippen LogP contribution is 2.50. The van der Waals surface area contributed by atoms with Crippen LogP contribution in [0.15, 0.2) is 56.9 Å². The van der Waals surface area contributed by atoms with Crippen molar-refractivity contribution in [2.75, 3.05) is 0 Å². The largest absolute Gasteiger partial charge is 0.487 e. The molecule has 4 aromatic heterocycles. The van der Waals surface area contributed by atoms with Gasteiger partial charge in [0.1, 0.15) is 24.7 Å². The summed E-state index contributed by atoms with van der Waals surface area (Å²) in [4.78, 5) is 0.773. The molecule has 0 aliphatic carbocycles. The Balaban J connectivity index is 1.01. The van der Waals surface area contributed by atoms with Gasteiger partial charge in [0.05, 0.1) is 66.2 Å². The number of aromatic nitrogens is 4. The van der Waals surface area contributed by atoms with Gasteiger partial charge in [-0.15, -0.1) is 22.7 Å². The van der Waals surface area contributed by atoms with Crippen LogP contribution in [-0.2, 0) is 33.5 Å². The lowest BCUT2D eigenvalue weighted by Gasteiger charge is -2.18. The Morgan fingerprint density at radius 3 is 1.42 bits per heavy atom. The van der Waals surface area contributed by atoms with Crippen molar-refractivity contribution in [2.24, 2.45) is 0 Å². The van der Waals surface area contributed by atoms with Crippen LogP contribution in [0.5, 0.6) is 11.5 Å². The van der Waals surface area contributed by atoms with Gasteiger partial charge in [0.25, 0.3) is 0 Å². The lowest BCUT2D eigenvalue weighted by molar-refractivity contribution is 0.146. The summed E-state index contributed by atoms with van der Waals surface area (Å²) < 4.78 is 81.6. The van der Waals surface area contributed by atoms with Crippen molar-refractivity contribution in [1.82, 2.24) is 19.6 Å². The zero-order chi connectivity index (χ0) is 40.6. The number of aliphatic hydroxyl groups is 2. The summed E-state index contributed by atoms with van der Waals surface area (Å²) in [5, 5.41) is 33.7. The minimum atomic E-state index is -4.53. The van der Waals surface area contributed by atoms with Gasteiger partial charge in [-0.3, -0.25) is 9.11 Å². The van der Waals surface area contributed by atoms with Gasteiger partial charge in [-0.05, 0) is 49.2 Å². The van der Waals surface area contributed by atoms with E-state index in [1.165, 1.54) is 33.6 Å². The summed E-state index contributed by atoms with van der Waals surface area (Å²) >= 11 is 27.0. The Morgan fingerprint density at radius 2 is 1.05 bits per heavy atom. The fourth-order valence-corrected chi connectivity index (χ4v) is 11.4. The van der Waals surface area contributed by atoms with Gasteiger partial charge in [0.2, 0.25) is 0 Å². The molecule has 0 bridgehead atoms. The highest BCUT2D eigenvalue weighted by Gasteiger charge is 2.35. The topological polar surface area (TPSA) is 203 Å². The molecule has 6 aromatic rings. The Morgan fingerprint density at radius 1 is 0.649 bits per heavy atom. The molecule has 4 N–H and O–H groups in total. The first-order chi connectivity index (χ1) is 27.0. The van der Waals surface area contributed by atoms with Crippen molar-refractivity contribution in [3.8, 4) is 44.0 Å². The molecule has 57 heavy (non-hydrogen) atoms. The minimum absolute atomic E-state index is 0.0280. The van der Waals surface area contributed by atoms with Gasteiger partial charge in [0.15, 0.2) is 8.42 Å². The first kappa shape index (κ1) is 40.5. The number of halogens is 4. The van der Waals surface area contributed by atoms with E-state index in [0.717, 1.165) is 22.7 Å². The van der Waals surface area contributed by atoms with Crippen molar-refractivity contribution in [3.05, 3.63) is 91.1 Å². The highest BCUT2D eigenvalue weighted by atomic mass is 35.5. The number of nitrogens with zero attached hydrogens (tertiary/aromatic N) is 4. The van der Waals surface area contributed by atoms with E-state index in [4.69, 9.17) is 66.1 Å². The fraction of sp³-hybridized carbons (Fsp3) is 0.257. The molecule has 0 saturated heterocycles. The van der Waals surface area contributed by atoms with E-state index in [1.54, 1.807) is 24.3 Å². The summed E-state index contributed by atoms with van der Waals surface area (Å²) in [6.07, 6.45) is 0.109. The molecular weight excluding hydrogens is 906 g/mol. The Bertz CT molecular complexity index is 2610. The maximum absolute atomic E-state index is 12.0. The maximum Gasteiger partial charge on any atom is 0.304 e. The highest BCUT2D eigenvalue weighted by molar-refractivity contribution is 7.88. The first-order valence-corrected chi connectivity index (χ1v) is 23.0. The van der Waals surface area contributed by atoms with Crippen molar-refractivity contribution < 1.29 is 45.6 Å². The third-order valence-corrected chi connectivity index (χ3v) is 15.4. The van der Waals surface area contributed by atoms with E-state index in [0.29, 0.717) is 84.3 Å². The van der Waals surface area contributed by atoms with Crippen LogP contribution in [0.2, 0.25) is 20.1 Å². The van der Waals surface area contributed by atoms with Gasteiger partial charge in [0, 0.05) is 33.3 Å². The summed E-state index contributed by atoms with van der Waals surface area (Å²) in [6, 6.07) is 12.1. The maximum atomic E-state index is 12.0. The normalized spacial score (nSPS) is 14.6. The summed E-state index contributed by atoms with van der Waals surface area (Å²) in [7, 11) is -9.06. The number of aliphatic hydroxyl groups excluding tert-OH is 2. The molecule has 2 aromatic carbocycles. The molecule has 0 amide bonds. The van der Waals surface area contributed by atoms with Gasteiger partial charge in [-0.1, -0.05) is 65.7 Å². The summed E-state index contributed by atoms with van der Waals surface area (Å²) in [5.41, 5.74) is 3.48. The van der Waals surface area contributed by atoms with Crippen LogP contribution in [-0.4, -0.2) is 55.7 Å². The number of fused-ring (bicyclic) bond motifs is 6. The van der Waals surface area contributed by atoms with E-state index in [9.17, 15) is 36.2 Å². The van der Waals surface area contributed by atoms with Crippen LogP contribution in [0.25, 0.3) is 32.5 Å². The number of benzene rings is 2. The van der Waals surface area contributed by atoms with Gasteiger partial charge < -0.3 is 19.7 Å². The Kier molecular flexibility index (Phi) is 11.0. The number of thiophene rings is 2. The number of hydrogen-bond acceptors (Lipinski definition) is 12. The molecule has 0 saturated carbocycles. The Labute approximate surface area is 353 Å². The smallest absolute Gasteiger partial charge is 0.304 e. The SMILES string of the molecule is O=S(=O)(O)c1cc2c(s1)-c1c(c(C(O)CCCCCC(O)c3nn(-c4ccc(Cl)cc4Cl)c4c3COc3cc(S(=O)(=O)O)sc3-4)nn1-c1ccc(Cl)cc1Cl)CO2. The van der Waals surface area contributed by atoms with E-state index in [-0.39, 0.29) is 56.0 Å². The van der Waals surface area contributed by atoms with Gasteiger partial charge in [-0.2, -0.15) is 27.0 Å². The molecular formula is C35H28Cl4N4O10S4. The average molecular weight is 935 g/mol. The van der Waals surface area contributed by atoms with Crippen LogP contribution in [0, 0.1) is 0 Å². The third kappa shape index (κ3) is 7.71. The van der Waals surface area contributed by atoms with Crippen molar-refractivity contribution in [2.45, 2.75) is 65.9 Å². The Hall–Kier alpha value is -3.24. The molecule has 2 unspecified atom stereocenters. The third-order valence-electron chi connectivity index (χ3n) is 9.42. The van der Waals surface area contributed by atoms with E-state index in [1.807, 2.05) is 0 Å². The lowest BCUT2D eigenvalue weighted by atomic mass is 9.99. The zero-order valence-corrected chi connectivity index (χ0v) is 35.2. The van der Waals surface area contributed by atoms with E-state index < -0.39 is 32.4 Å². The second kappa shape index (κ2) is 15.4. The molecule has 2 aliphatic rings. The molecule has 2 aliphatic heterocycles. The molecule has 300 valence electrons. The molecule has 14 nitrogen and oxygen atoms in total. The van der Waals surface area contributed by atoms with Crippen LogP contribution >= 0.6 is 69.1 Å². The van der Waals surface area contributed by atoms with Gasteiger partial charge in [-0.25, -0.2) is 9.36 Å². The average Bonchev–Trinajstić information content (AvgIpc) is 3.93. The van der Waals surface area contributed by atoms with E-state index in [2.05, 4.69) is 0 Å². The molecule has 0 radical (unpaired) electrons. The minimum Gasteiger partial charge on any atom is -0.487 e. The van der Waals surface area contributed by atoms with Crippen LogP contribution in [0.4, 0.5) is 0 Å². The predicted octanol–water partition coefficient (Wildman–Crippen LogP) is 9.12. The second-order valence-corrected chi connectivity index (χ2v) is 20.2. The molecule has 2 atom stereocenters. The molecule has 22 heteroatoms. The lowest BCUT2D eigenvalue weighted by Crippen LogP contribution is -2.08. The molecule has 6 heterocycles. The number of hydrogen-bond donors (Lipinski definition) is 4.